The van der Waals surface area contributed by atoms with Crippen molar-refractivity contribution in [1.82, 2.24) is 0 Å². The first-order chi connectivity index (χ1) is 10.0. The molecule has 0 fully saturated rings. The van der Waals surface area contributed by atoms with E-state index in [-0.39, 0.29) is 6.10 Å². The van der Waals surface area contributed by atoms with Crippen LogP contribution < -0.4 is 9.47 Å². The first kappa shape index (κ1) is 15.7. The Labute approximate surface area is 130 Å². The predicted molar refractivity (Wildman–Crippen MR) is 84.3 cm³/mol. The van der Waals surface area contributed by atoms with Crippen LogP contribution in [0.2, 0.25) is 5.02 Å². The van der Waals surface area contributed by atoms with Crippen LogP contribution in [-0.2, 0) is 0 Å². The standard InChI is InChI=1S/C17H19ClO3/c1-11(2)21-13-9-7-12(8-10-13)17(19)16-14(18)5-4-6-15(16)20-3/h4-11,17,19H,1-3H3. The van der Waals surface area contributed by atoms with E-state index in [0.717, 1.165) is 11.3 Å². The molecule has 0 aliphatic rings. The van der Waals surface area contributed by atoms with Crippen molar-refractivity contribution in [3.05, 3.63) is 58.6 Å². The molecule has 1 atom stereocenters. The van der Waals surface area contributed by atoms with Gasteiger partial charge in [0.05, 0.1) is 18.2 Å². The maximum absolute atomic E-state index is 10.6. The monoisotopic (exact) mass is 306 g/mol. The molecule has 0 aliphatic heterocycles. The van der Waals surface area contributed by atoms with Crippen LogP contribution in [0.15, 0.2) is 42.5 Å². The minimum absolute atomic E-state index is 0.115. The van der Waals surface area contributed by atoms with Gasteiger partial charge in [-0.3, -0.25) is 0 Å². The van der Waals surface area contributed by atoms with E-state index in [1.54, 1.807) is 25.3 Å². The molecule has 0 heterocycles. The molecular weight excluding hydrogens is 288 g/mol. The maximum atomic E-state index is 10.6. The summed E-state index contributed by atoms with van der Waals surface area (Å²) in [6.07, 6.45) is -0.730. The van der Waals surface area contributed by atoms with Crippen LogP contribution in [0.1, 0.15) is 31.1 Å². The number of hydrogen-bond acceptors (Lipinski definition) is 3. The molecule has 3 nitrogen and oxygen atoms in total. The molecule has 4 heteroatoms. The van der Waals surface area contributed by atoms with E-state index >= 15 is 0 Å². The molecule has 0 amide bonds. The number of methoxy groups -OCH3 is 1. The Morgan fingerprint density at radius 3 is 2.29 bits per heavy atom. The van der Waals surface area contributed by atoms with Crippen molar-refractivity contribution in [2.24, 2.45) is 0 Å². The molecule has 1 N–H and O–H groups in total. The summed E-state index contributed by atoms with van der Waals surface area (Å²) in [6.45, 7) is 3.94. The minimum Gasteiger partial charge on any atom is -0.496 e. The highest BCUT2D eigenvalue weighted by atomic mass is 35.5. The summed E-state index contributed by atoms with van der Waals surface area (Å²) in [5, 5.41) is 11.0. The van der Waals surface area contributed by atoms with E-state index in [1.807, 2.05) is 38.1 Å². The minimum atomic E-state index is -0.846. The molecular formula is C17H19ClO3. The van der Waals surface area contributed by atoms with Gasteiger partial charge in [-0.2, -0.15) is 0 Å². The van der Waals surface area contributed by atoms with Crippen molar-refractivity contribution >= 4 is 11.6 Å². The summed E-state index contributed by atoms with van der Waals surface area (Å²) in [4.78, 5) is 0. The number of benzene rings is 2. The number of aliphatic hydroxyl groups excluding tert-OH is 1. The fourth-order valence-electron chi connectivity index (χ4n) is 2.13. The van der Waals surface area contributed by atoms with Crippen LogP contribution in [0.4, 0.5) is 0 Å². The van der Waals surface area contributed by atoms with E-state index in [1.165, 1.54) is 0 Å². The Morgan fingerprint density at radius 2 is 1.71 bits per heavy atom. The first-order valence-corrected chi connectivity index (χ1v) is 7.17. The Kier molecular flexibility index (Phi) is 5.10. The lowest BCUT2D eigenvalue weighted by atomic mass is 10.0. The van der Waals surface area contributed by atoms with E-state index in [9.17, 15) is 5.11 Å². The molecule has 1 unspecified atom stereocenters. The fraction of sp³-hybridized carbons (Fsp3) is 0.294. The van der Waals surface area contributed by atoms with E-state index < -0.39 is 6.10 Å². The average Bonchev–Trinajstić information content (AvgIpc) is 2.46. The van der Waals surface area contributed by atoms with Crippen LogP contribution >= 0.6 is 11.6 Å². The summed E-state index contributed by atoms with van der Waals surface area (Å²) >= 11 is 6.19. The summed E-state index contributed by atoms with van der Waals surface area (Å²) in [7, 11) is 1.56. The largest absolute Gasteiger partial charge is 0.496 e. The van der Waals surface area contributed by atoms with Crippen molar-refractivity contribution in [2.75, 3.05) is 7.11 Å². The number of aliphatic hydroxyl groups is 1. The molecule has 0 bridgehead atoms. The third-order valence-corrected chi connectivity index (χ3v) is 3.40. The number of hydrogen-bond donors (Lipinski definition) is 1. The lowest BCUT2D eigenvalue weighted by molar-refractivity contribution is 0.214. The second-order valence-electron chi connectivity index (χ2n) is 4.99. The predicted octanol–water partition coefficient (Wildman–Crippen LogP) is 4.22. The molecule has 2 aromatic rings. The highest BCUT2D eigenvalue weighted by Crippen LogP contribution is 2.36. The first-order valence-electron chi connectivity index (χ1n) is 6.80. The van der Waals surface area contributed by atoms with Gasteiger partial charge < -0.3 is 14.6 Å². The van der Waals surface area contributed by atoms with Gasteiger partial charge in [0.15, 0.2) is 0 Å². The van der Waals surface area contributed by atoms with Crippen LogP contribution in [0.5, 0.6) is 11.5 Å². The molecule has 21 heavy (non-hydrogen) atoms. The Morgan fingerprint density at radius 1 is 1.05 bits per heavy atom. The molecule has 2 aromatic carbocycles. The van der Waals surface area contributed by atoms with Gasteiger partial charge in [-0.25, -0.2) is 0 Å². The van der Waals surface area contributed by atoms with Gasteiger partial charge in [-0.1, -0.05) is 29.8 Å². The molecule has 0 saturated carbocycles. The van der Waals surface area contributed by atoms with Gasteiger partial charge in [-0.15, -0.1) is 0 Å². The van der Waals surface area contributed by atoms with Crippen LogP contribution in [0.3, 0.4) is 0 Å². The molecule has 2 rings (SSSR count). The molecule has 0 radical (unpaired) electrons. The van der Waals surface area contributed by atoms with Gasteiger partial charge in [0, 0.05) is 5.56 Å². The summed E-state index contributed by atoms with van der Waals surface area (Å²) in [6, 6.07) is 12.6. The van der Waals surface area contributed by atoms with E-state index in [0.29, 0.717) is 16.3 Å². The van der Waals surface area contributed by atoms with Crippen LogP contribution in [0.25, 0.3) is 0 Å². The number of halogens is 1. The molecule has 0 aliphatic carbocycles. The highest BCUT2D eigenvalue weighted by Gasteiger charge is 2.18. The summed E-state index contributed by atoms with van der Waals surface area (Å²) in [5.74, 6) is 1.34. The maximum Gasteiger partial charge on any atom is 0.126 e. The van der Waals surface area contributed by atoms with E-state index in [2.05, 4.69) is 0 Å². The van der Waals surface area contributed by atoms with Gasteiger partial charge >= 0.3 is 0 Å². The second-order valence-corrected chi connectivity index (χ2v) is 5.40. The molecule has 0 spiro atoms. The smallest absolute Gasteiger partial charge is 0.126 e. The van der Waals surface area contributed by atoms with Gasteiger partial charge in [0.2, 0.25) is 0 Å². The Balaban J connectivity index is 2.30. The zero-order valence-electron chi connectivity index (χ0n) is 12.3. The Hall–Kier alpha value is -1.71. The second kappa shape index (κ2) is 6.83. The quantitative estimate of drug-likeness (QED) is 0.899. The van der Waals surface area contributed by atoms with Gasteiger partial charge in [0.1, 0.15) is 17.6 Å². The molecule has 112 valence electrons. The fourth-order valence-corrected chi connectivity index (χ4v) is 2.40. The van der Waals surface area contributed by atoms with Crippen LogP contribution in [-0.4, -0.2) is 18.3 Å². The summed E-state index contributed by atoms with van der Waals surface area (Å²) in [5.41, 5.74) is 1.30. The normalized spacial score (nSPS) is 12.3. The zero-order valence-corrected chi connectivity index (χ0v) is 13.1. The zero-order chi connectivity index (χ0) is 15.4. The lowest BCUT2D eigenvalue weighted by Gasteiger charge is -2.17. The van der Waals surface area contributed by atoms with E-state index in [4.69, 9.17) is 21.1 Å². The Bertz CT molecular complexity index is 593. The molecule has 0 aromatic heterocycles. The van der Waals surface area contributed by atoms with Crippen molar-refractivity contribution in [3.63, 3.8) is 0 Å². The number of ether oxygens (including phenoxy) is 2. The average molecular weight is 307 g/mol. The van der Waals surface area contributed by atoms with Gasteiger partial charge in [0.25, 0.3) is 0 Å². The lowest BCUT2D eigenvalue weighted by Crippen LogP contribution is -2.06. The molecule has 0 saturated heterocycles. The SMILES string of the molecule is COc1cccc(Cl)c1C(O)c1ccc(OC(C)C)cc1. The van der Waals surface area contributed by atoms with Crippen molar-refractivity contribution < 1.29 is 14.6 Å². The topological polar surface area (TPSA) is 38.7 Å². The number of rotatable bonds is 5. The summed E-state index contributed by atoms with van der Waals surface area (Å²) < 4.78 is 10.9. The van der Waals surface area contributed by atoms with Crippen molar-refractivity contribution in [2.45, 2.75) is 26.1 Å². The van der Waals surface area contributed by atoms with Gasteiger partial charge in [-0.05, 0) is 43.7 Å². The third-order valence-electron chi connectivity index (χ3n) is 3.07. The van der Waals surface area contributed by atoms with Crippen LogP contribution in [0, 0.1) is 0 Å². The van der Waals surface area contributed by atoms with Crippen molar-refractivity contribution in [1.29, 1.82) is 0 Å². The van der Waals surface area contributed by atoms with Crippen molar-refractivity contribution in [3.8, 4) is 11.5 Å². The third kappa shape index (κ3) is 3.69. The highest BCUT2D eigenvalue weighted by molar-refractivity contribution is 6.31.